The van der Waals surface area contributed by atoms with Crippen LogP contribution in [0.15, 0.2) is 60.8 Å². The third kappa shape index (κ3) is 4.45. The molecule has 5 nitrogen and oxygen atoms in total. The van der Waals surface area contributed by atoms with E-state index >= 15 is 0 Å². The van der Waals surface area contributed by atoms with Crippen LogP contribution in [0.1, 0.15) is 10.4 Å². The minimum atomic E-state index is -0.974. The fourth-order valence-corrected chi connectivity index (χ4v) is 2.56. The van der Waals surface area contributed by atoms with Gasteiger partial charge < -0.3 is 0 Å². The van der Waals surface area contributed by atoms with Crippen molar-refractivity contribution >= 4 is 29.4 Å². The molecule has 0 saturated heterocycles. The Labute approximate surface area is 158 Å². The Morgan fingerprint density at radius 2 is 1.63 bits per heavy atom. The summed E-state index contributed by atoms with van der Waals surface area (Å²) in [6.07, 6.45) is 1.48. The first-order chi connectivity index (χ1) is 12.9. The van der Waals surface area contributed by atoms with E-state index < -0.39 is 23.3 Å². The lowest BCUT2D eigenvalue weighted by Gasteiger charge is -2.08. The molecule has 1 heterocycles. The topological polar surface area (TPSA) is 71.1 Å². The first-order valence-corrected chi connectivity index (χ1v) is 8.10. The number of carbonyl (C=O) groups is 2. The average molecular weight is 388 g/mol. The van der Waals surface area contributed by atoms with E-state index in [0.717, 1.165) is 17.2 Å². The number of anilines is 1. The number of urea groups is 1. The number of hydrogen-bond donors (Lipinski definition) is 2. The van der Waals surface area contributed by atoms with Crippen LogP contribution in [0.25, 0.3) is 11.1 Å². The van der Waals surface area contributed by atoms with Gasteiger partial charge >= 0.3 is 6.03 Å². The first-order valence-electron chi connectivity index (χ1n) is 7.72. The van der Waals surface area contributed by atoms with Crippen LogP contribution in [0, 0.1) is 11.6 Å². The van der Waals surface area contributed by atoms with E-state index in [9.17, 15) is 18.4 Å². The molecule has 0 unspecified atom stereocenters. The smallest absolute Gasteiger partial charge is 0.292 e. The van der Waals surface area contributed by atoms with Gasteiger partial charge in [0.15, 0.2) is 0 Å². The maximum atomic E-state index is 13.7. The molecule has 136 valence electrons. The molecule has 3 amide bonds. The Bertz CT molecular complexity index is 973. The summed E-state index contributed by atoms with van der Waals surface area (Å²) >= 11 is 5.79. The van der Waals surface area contributed by atoms with Crippen molar-refractivity contribution in [3.8, 4) is 11.1 Å². The van der Waals surface area contributed by atoms with E-state index in [1.54, 1.807) is 18.2 Å². The summed E-state index contributed by atoms with van der Waals surface area (Å²) in [6.45, 7) is 0. The number of pyridine rings is 1. The minimum absolute atomic E-state index is 0.109. The van der Waals surface area contributed by atoms with Gasteiger partial charge in [0.25, 0.3) is 5.91 Å². The molecule has 0 saturated carbocycles. The number of carbonyl (C=O) groups excluding carboxylic acids is 2. The van der Waals surface area contributed by atoms with E-state index in [-0.39, 0.29) is 16.7 Å². The molecule has 3 rings (SSSR count). The first kappa shape index (κ1) is 18.5. The zero-order chi connectivity index (χ0) is 19.4. The monoisotopic (exact) mass is 387 g/mol. The number of nitrogens with one attached hydrogen (secondary N) is 2. The van der Waals surface area contributed by atoms with Gasteiger partial charge in [-0.3, -0.25) is 15.4 Å². The number of imide groups is 1. The summed E-state index contributed by atoms with van der Waals surface area (Å²) in [5.74, 6) is -1.99. The van der Waals surface area contributed by atoms with E-state index in [4.69, 9.17) is 11.6 Å². The lowest BCUT2D eigenvalue weighted by molar-refractivity contribution is 0.0963. The zero-order valence-electron chi connectivity index (χ0n) is 13.7. The van der Waals surface area contributed by atoms with Crippen LogP contribution in [0.4, 0.5) is 19.4 Å². The summed E-state index contributed by atoms with van der Waals surface area (Å²) in [4.78, 5) is 28.0. The number of amides is 3. The number of hydrogen-bond acceptors (Lipinski definition) is 3. The molecule has 0 aliphatic heterocycles. The molecule has 3 aromatic rings. The maximum absolute atomic E-state index is 13.7. The predicted molar refractivity (Wildman–Crippen MR) is 97.5 cm³/mol. The van der Waals surface area contributed by atoms with Crippen LogP contribution in [-0.2, 0) is 0 Å². The molecule has 0 fully saturated rings. The van der Waals surface area contributed by atoms with Gasteiger partial charge in [0.2, 0.25) is 0 Å². The third-order valence-electron chi connectivity index (χ3n) is 3.60. The Balaban J connectivity index is 1.66. The Kier molecular flexibility index (Phi) is 5.42. The molecule has 8 heteroatoms. The van der Waals surface area contributed by atoms with Crippen molar-refractivity contribution in [1.29, 1.82) is 0 Å². The Hall–Kier alpha value is -3.32. The molecule has 27 heavy (non-hydrogen) atoms. The molecule has 2 aromatic carbocycles. The highest BCUT2D eigenvalue weighted by Gasteiger charge is 2.18. The predicted octanol–water partition coefficient (Wildman–Crippen LogP) is 4.64. The fraction of sp³-hybridized carbons (Fsp3) is 0. The van der Waals surface area contributed by atoms with E-state index in [0.29, 0.717) is 0 Å². The normalized spacial score (nSPS) is 10.3. The molecule has 0 aliphatic rings. The highest BCUT2D eigenvalue weighted by Crippen LogP contribution is 2.20. The number of aromatic nitrogens is 1. The van der Waals surface area contributed by atoms with Crippen molar-refractivity contribution in [2.75, 3.05) is 5.32 Å². The maximum Gasteiger partial charge on any atom is 0.327 e. The molecule has 0 bridgehead atoms. The van der Waals surface area contributed by atoms with Crippen molar-refractivity contribution in [3.05, 3.63) is 83.0 Å². The van der Waals surface area contributed by atoms with E-state index in [1.807, 2.05) is 5.32 Å². The summed E-state index contributed by atoms with van der Waals surface area (Å²) in [7, 11) is 0. The average Bonchev–Trinajstić information content (AvgIpc) is 2.63. The molecule has 0 radical (unpaired) electrons. The fourth-order valence-electron chi connectivity index (χ4n) is 2.31. The Morgan fingerprint density at radius 3 is 2.26 bits per heavy atom. The number of nitrogens with zero attached hydrogens (tertiary/aromatic N) is 1. The largest absolute Gasteiger partial charge is 0.327 e. The van der Waals surface area contributed by atoms with Gasteiger partial charge in [-0.1, -0.05) is 29.8 Å². The highest BCUT2D eigenvalue weighted by molar-refractivity contribution is 6.34. The van der Waals surface area contributed by atoms with Crippen molar-refractivity contribution in [1.82, 2.24) is 10.3 Å². The lowest BCUT2D eigenvalue weighted by Crippen LogP contribution is -2.35. The number of halogens is 3. The summed E-state index contributed by atoms with van der Waals surface area (Å²) in [5, 5.41) is 4.24. The van der Waals surface area contributed by atoms with Crippen molar-refractivity contribution in [2.24, 2.45) is 0 Å². The zero-order valence-corrected chi connectivity index (χ0v) is 14.4. The second-order valence-corrected chi connectivity index (χ2v) is 5.85. The van der Waals surface area contributed by atoms with Crippen molar-refractivity contribution in [3.63, 3.8) is 0 Å². The van der Waals surface area contributed by atoms with E-state index in [1.165, 1.54) is 36.5 Å². The SMILES string of the molecule is O=C(NC(=O)c1c(F)cccc1Cl)Nc1ccc(-c2ccc(F)cc2)cn1. The quantitative estimate of drug-likeness (QED) is 0.687. The van der Waals surface area contributed by atoms with Gasteiger partial charge in [0.1, 0.15) is 17.5 Å². The van der Waals surface area contributed by atoms with Crippen LogP contribution >= 0.6 is 11.6 Å². The van der Waals surface area contributed by atoms with Crippen molar-refractivity contribution in [2.45, 2.75) is 0 Å². The molecule has 0 atom stereocenters. The number of benzene rings is 2. The van der Waals surface area contributed by atoms with Crippen LogP contribution in [0.5, 0.6) is 0 Å². The van der Waals surface area contributed by atoms with Crippen LogP contribution < -0.4 is 10.6 Å². The molecule has 1 aromatic heterocycles. The van der Waals surface area contributed by atoms with Crippen molar-refractivity contribution < 1.29 is 18.4 Å². The second kappa shape index (κ2) is 7.92. The minimum Gasteiger partial charge on any atom is -0.292 e. The standard InChI is InChI=1S/C19H12ClF2N3O2/c20-14-2-1-3-15(22)17(14)18(26)25-19(27)24-16-9-6-12(10-23-16)11-4-7-13(21)8-5-11/h1-10H,(H2,23,24,25,26,27). The second-order valence-electron chi connectivity index (χ2n) is 5.44. The van der Waals surface area contributed by atoms with Crippen LogP contribution in [-0.4, -0.2) is 16.9 Å². The van der Waals surface area contributed by atoms with Gasteiger partial charge in [-0.25, -0.2) is 18.6 Å². The molecular weight excluding hydrogens is 376 g/mol. The number of rotatable bonds is 3. The molecule has 0 spiro atoms. The van der Waals surface area contributed by atoms with Crippen LogP contribution in [0.2, 0.25) is 5.02 Å². The third-order valence-corrected chi connectivity index (χ3v) is 3.91. The Morgan fingerprint density at radius 1 is 0.926 bits per heavy atom. The summed E-state index contributed by atoms with van der Waals surface area (Å²) in [5.41, 5.74) is 1.05. The molecular formula is C19H12ClF2N3O2. The van der Waals surface area contributed by atoms with Crippen LogP contribution in [0.3, 0.4) is 0 Å². The van der Waals surface area contributed by atoms with Gasteiger partial charge in [-0.15, -0.1) is 0 Å². The summed E-state index contributed by atoms with van der Waals surface area (Å²) < 4.78 is 26.7. The molecule has 0 aliphatic carbocycles. The van der Waals surface area contributed by atoms with Gasteiger partial charge in [-0.05, 0) is 42.0 Å². The van der Waals surface area contributed by atoms with Gasteiger partial charge in [-0.2, -0.15) is 0 Å². The van der Waals surface area contributed by atoms with Gasteiger partial charge in [0.05, 0.1) is 10.6 Å². The summed E-state index contributed by atoms with van der Waals surface area (Å²) in [6, 6.07) is 11.9. The van der Waals surface area contributed by atoms with Gasteiger partial charge in [0, 0.05) is 11.8 Å². The molecule has 2 N–H and O–H groups in total. The lowest BCUT2D eigenvalue weighted by atomic mass is 10.1. The highest BCUT2D eigenvalue weighted by atomic mass is 35.5. The van der Waals surface area contributed by atoms with E-state index in [2.05, 4.69) is 10.3 Å².